The van der Waals surface area contributed by atoms with Gasteiger partial charge in [0, 0.05) is 11.3 Å². The van der Waals surface area contributed by atoms with Gasteiger partial charge in [0.05, 0.1) is 17.6 Å². The number of carbonyl (C=O) groups excluding carboxylic acids is 2. The third kappa shape index (κ3) is 2.87. The van der Waals surface area contributed by atoms with Gasteiger partial charge in [-0.25, -0.2) is 4.79 Å². The van der Waals surface area contributed by atoms with E-state index in [1.165, 1.54) is 14.0 Å². The molecule has 1 aliphatic heterocycles. The number of carbonyl (C=O) groups is 2. The Bertz CT molecular complexity index is 655. The van der Waals surface area contributed by atoms with Crippen LogP contribution in [0, 0.1) is 0 Å². The minimum absolute atomic E-state index is 0.0356. The fourth-order valence-corrected chi connectivity index (χ4v) is 2.79. The molecular weight excluding hydrogens is 340 g/mol. The van der Waals surface area contributed by atoms with Crippen LogP contribution < -0.4 is 15.4 Å². The minimum atomic E-state index is -0.595. The SMILES string of the molecule is COc1cc([C@@H]2NC(=O)NC(C)=C2C(C)=O)cc(Br)c1O. The minimum Gasteiger partial charge on any atom is -0.503 e. The monoisotopic (exact) mass is 354 g/mol. The fourth-order valence-electron chi connectivity index (χ4n) is 2.33. The second-order valence-electron chi connectivity index (χ2n) is 4.68. The van der Waals surface area contributed by atoms with Crippen LogP contribution in [0.25, 0.3) is 0 Å². The number of Topliss-reactive ketones (excluding diaryl/α,β-unsaturated/α-hetero) is 1. The Morgan fingerprint density at radius 3 is 2.67 bits per heavy atom. The number of hydrogen-bond donors (Lipinski definition) is 3. The van der Waals surface area contributed by atoms with E-state index in [-0.39, 0.29) is 23.3 Å². The van der Waals surface area contributed by atoms with Crippen molar-refractivity contribution in [3.8, 4) is 11.5 Å². The maximum atomic E-state index is 11.9. The molecule has 112 valence electrons. The topological polar surface area (TPSA) is 87.7 Å². The zero-order chi connectivity index (χ0) is 15.7. The summed E-state index contributed by atoms with van der Waals surface area (Å²) in [5.74, 6) is 0.0764. The van der Waals surface area contributed by atoms with Crippen molar-refractivity contribution >= 4 is 27.7 Å². The Labute approximate surface area is 130 Å². The maximum absolute atomic E-state index is 11.9. The van der Waals surface area contributed by atoms with Crippen LogP contribution in [0.5, 0.6) is 11.5 Å². The lowest BCUT2D eigenvalue weighted by Crippen LogP contribution is -2.44. The van der Waals surface area contributed by atoms with Gasteiger partial charge < -0.3 is 20.5 Å². The summed E-state index contributed by atoms with van der Waals surface area (Å²) in [4.78, 5) is 23.5. The van der Waals surface area contributed by atoms with E-state index in [0.717, 1.165) is 0 Å². The Kier molecular flexibility index (Phi) is 4.22. The number of amides is 2. The average Bonchev–Trinajstić information content (AvgIpc) is 2.40. The molecule has 1 aliphatic rings. The van der Waals surface area contributed by atoms with Crippen LogP contribution in [0.15, 0.2) is 27.9 Å². The molecule has 21 heavy (non-hydrogen) atoms. The summed E-state index contributed by atoms with van der Waals surface area (Å²) in [7, 11) is 1.43. The van der Waals surface area contributed by atoms with E-state index in [1.807, 2.05) is 0 Å². The molecule has 7 heteroatoms. The van der Waals surface area contributed by atoms with Crippen LogP contribution in [-0.4, -0.2) is 24.0 Å². The van der Waals surface area contributed by atoms with E-state index in [9.17, 15) is 14.7 Å². The Morgan fingerprint density at radius 1 is 1.43 bits per heavy atom. The van der Waals surface area contributed by atoms with E-state index in [1.54, 1.807) is 19.1 Å². The van der Waals surface area contributed by atoms with Crippen molar-refractivity contribution in [1.82, 2.24) is 10.6 Å². The molecule has 0 saturated carbocycles. The number of ether oxygens (including phenoxy) is 1. The predicted molar refractivity (Wildman–Crippen MR) is 80.1 cm³/mol. The second-order valence-corrected chi connectivity index (χ2v) is 5.53. The molecule has 0 saturated heterocycles. The van der Waals surface area contributed by atoms with Gasteiger partial charge in [-0.05, 0) is 47.5 Å². The number of benzene rings is 1. The molecule has 1 aromatic carbocycles. The quantitative estimate of drug-likeness (QED) is 0.777. The number of rotatable bonds is 3. The van der Waals surface area contributed by atoms with Gasteiger partial charge in [-0.3, -0.25) is 4.79 Å². The maximum Gasteiger partial charge on any atom is 0.319 e. The van der Waals surface area contributed by atoms with Crippen LogP contribution in [0.4, 0.5) is 4.79 Å². The van der Waals surface area contributed by atoms with Gasteiger partial charge in [-0.15, -0.1) is 0 Å². The summed E-state index contributed by atoms with van der Waals surface area (Å²) < 4.78 is 5.52. The van der Waals surface area contributed by atoms with E-state index in [4.69, 9.17) is 4.74 Å². The highest BCUT2D eigenvalue weighted by Gasteiger charge is 2.30. The molecule has 1 atom stereocenters. The highest BCUT2D eigenvalue weighted by atomic mass is 79.9. The lowest BCUT2D eigenvalue weighted by atomic mass is 9.93. The molecular formula is C14H15BrN2O4. The molecule has 2 rings (SSSR count). The first-order valence-electron chi connectivity index (χ1n) is 6.20. The van der Waals surface area contributed by atoms with Crippen LogP contribution in [0.1, 0.15) is 25.5 Å². The summed E-state index contributed by atoms with van der Waals surface area (Å²) in [6, 6.07) is 2.25. The Hall–Kier alpha value is -2.02. The van der Waals surface area contributed by atoms with Crippen molar-refractivity contribution in [2.75, 3.05) is 7.11 Å². The number of halogens is 1. The van der Waals surface area contributed by atoms with Gasteiger partial charge in [0.15, 0.2) is 17.3 Å². The molecule has 0 bridgehead atoms. The summed E-state index contributed by atoms with van der Waals surface area (Å²) in [6.07, 6.45) is 0. The van der Waals surface area contributed by atoms with Gasteiger partial charge in [0.1, 0.15) is 0 Å². The number of urea groups is 1. The van der Waals surface area contributed by atoms with Gasteiger partial charge in [-0.2, -0.15) is 0 Å². The normalized spacial score (nSPS) is 18.1. The van der Waals surface area contributed by atoms with Crippen molar-refractivity contribution in [3.63, 3.8) is 0 Å². The fraction of sp³-hybridized carbons (Fsp3) is 0.286. The number of allylic oxidation sites excluding steroid dienone is 1. The first kappa shape index (κ1) is 15.4. The van der Waals surface area contributed by atoms with Crippen LogP contribution >= 0.6 is 15.9 Å². The molecule has 6 nitrogen and oxygen atoms in total. The smallest absolute Gasteiger partial charge is 0.319 e. The van der Waals surface area contributed by atoms with Crippen LogP contribution in [0.3, 0.4) is 0 Å². The van der Waals surface area contributed by atoms with E-state index < -0.39 is 6.04 Å². The van der Waals surface area contributed by atoms with Gasteiger partial charge in [-0.1, -0.05) is 0 Å². The molecule has 2 amide bonds. The van der Waals surface area contributed by atoms with Gasteiger partial charge in [0.2, 0.25) is 0 Å². The summed E-state index contributed by atoms with van der Waals surface area (Å²) in [5, 5.41) is 15.1. The van der Waals surface area contributed by atoms with E-state index in [2.05, 4.69) is 26.6 Å². The van der Waals surface area contributed by atoms with Crippen molar-refractivity contribution < 1.29 is 19.4 Å². The Morgan fingerprint density at radius 2 is 2.10 bits per heavy atom. The number of phenols is 1. The summed E-state index contributed by atoms with van der Waals surface area (Å²) in [6.45, 7) is 3.12. The highest BCUT2D eigenvalue weighted by Crippen LogP contribution is 2.39. The number of ketones is 1. The average molecular weight is 355 g/mol. The van der Waals surface area contributed by atoms with E-state index in [0.29, 0.717) is 21.3 Å². The van der Waals surface area contributed by atoms with E-state index >= 15 is 0 Å². The third-order valence-corrected chi connectivity index (χ3v) is 3.86. The van der Waals surface area contributed by atoms with Gasteiger partial charge in [0.25, 0.3) is 0 Å². The second kappa shape index (κ2) is 5.77. The molecule has 0 aromatic heterocycles. The summed E-state index contributed by atoms with van der Waals surface area (Å²) >= 11 is 3.23. The number of nitrogens with one attached hydrogen (secondary N) is 2. The molecule has 1 heterocycles. The first-order chi connectivity index (χ1) is 9.85. The molecule has 3 N–H and O–H groups in total. The predicted octanol–water partition coefficient (Wildman–Crippen LogP) is 2.38. The zero-order valence-electron chi connectivity index (χ0n) is 11.8. The van der Waals surface area contributed by atoms with Crippen LogP contribution in [0.2, 0.25) is 0 Å². The molecule has 0 radical (unpaired) electrons. The van der Waals surface area contributed by atoms with Gasteiger partial charge >= 0.3 is 6.03 Å². The number of aromatic hydroxyl groups is 1. The molecule has 1 aromatic rings. The van der Waals surface area contributed by atoms with Crippen LogP contribution in [-0.2, 0) is 4.79 Å². The standard InChI is InChI=1S/C14H15BrN2O4/c1-6-11(7(2)18)12(17-14(20)16-6)8-4-9(15)13(19)10(5-8)21-3/h4-5,12,19H,1-3H3,(H2,16,17,20)/t12-/m0/s1. The summed E-state index contributed by atoms with van der Waals surface area (Å²) in [5.41, 5.74) is 1.62. The largest absolute Gasteiger partial charge is 0.503 e. The molecule has 0 unspecified atom stereocenters. The van der Waals surface area contributed by atoms with Crippen molar-refractivity contribution in [2.45, 2.75) is 19.9 Å². The third-order valence-electron chi connectivity index (χ3n) is 3.25. The van der Waals surface area contributed by atoms with Crippen molar-refractivity contribution in [1.29, 1.82) is 0 Å². The van der Waals surface area contributed by atoms with Crippen molar-refractivity contribution in [3.05, 3.63) is 33.4 Å². The zero-order valence-corrected chi connectivity index (χ0v) is 13.4. The lowest BCUT2D eigenvalue weighted by Gasteiger charge is -2.28. The Balaban J connectivity index is 2.58. The molecule has 0 fully saturated rings. The number of hydrogen-bond acceptors (Lipinski definition) is 4. The molecule has 0 spiro atoms. The first-order valence-corrected chi connectivity index (χ1v) is 7.00. The highest BCUT2D eigenvalue weighted by molar-refractivity contribution is 9.10. The molecule has 0 aliphatic carbocycles. The van der Waals surface area contributed by atoms with Crippen molar-refractivity contribution in [2.24, 2.45) is 0 Å². The number of phenolic OH excluding ortho intramolecular Hbond substituents is 1. The number of methoxy groups -OCH3 is 1. The lowest BCUT2D eigenvalue weighted by molar-refractivity contribution is -0.114.